The summed E-state index contributed by atoms with van der Waals surface area (Å²) in [5.41, 5.74) is 6.96. The minimum absolute atomic E-state index is 0.262. The molecule has 0 saturated carbocycles. The molecule has 1 fully saturated rings. The topological polar surface area (TPSA) is 88.1 Å². The highest BCUT2D eigenvalue weighted by molar-refractivity contribution is 6.31. The number of rotatable bonds is 5. The molecule has 7 nitrogen and oxygen atoms in total. The third kappa shape index (κ3) is 3.59. The number of carbonyl (C=O) groups excluding carboxylic acids is 3. The van der Waals surface area contributed by atoms with Crippen molar-refractivity contribution in [1.29, 1.82) is 0 Å². The van der Waals surface area contributed by atoms with Gasteiger partial charge in [-0.3, -0.25) is 14.4 Å². The first-order chi connectivity index (χ1) is 20.4. The van der Waals surface area contributed by atoms with Gasteiger partial charge in [0.1, 0.15) is 5.75 Å². The van der Waals surface area contributed by atoms with Crippen molar-refractivity contribution in [2.45, 2.75) is 18.3 Å². The Morgan fingerprint density at radius 3 is 2.31 bits per heavy atom. The maximum atomic E-state index is 14.5. The smallest absolute Gasteiger partial charge is 0.271 e. The van der Waals surface area contributed by atoms with Crippen LogP contribution in [0.2, 0.25) is 5.02 Å². The second kappa shape index (κ2) is 9.67. The van der Waals surface area contributed by atoms with Crippen molar-refractivity contribution in [2.24, 2.45) is 16.9 Å². The van der Waals surface area contributed by atoms with E-state index < -0.39 is 23.2 Å². The first kappa shape index (κ1) is 26.2. The average Bonchev–Trinajstić information content (AvgIpc) is 3.28. The van der Waals surface area contributed by atoms with E-state index in [1.807, 2.05) is 61.5 Å². The number of benzene rings is 4. The summed E-state index contributed by atoms with van der Waals surface area (Å²) in [4.78, 5) is 43.2. The van der Waals surface area contributed by atoms with E-state index in [0.29, 0.717) is 22.0 Å². The van der Waals surface area contributed by atoms with Crippen molar-refractivity contribution in [3.05, 3.63) is 129 Å². The molecule has 1 N–H and O–H groups in total. The Morgan fingerprint density at radius 2 is 1.62 bits per heavy atom. The molecule has 4 aliphatic rings. The Morgan fingerprint density at radius 1 is 0.929 bits per heavy atom. The fraction of sp³-hybridized carbons (Fsp3) is 0.176. The SMILES string of the molecule is COc1cccc(C(=O)N/N=C\C23c4ccccc4C(c4ccccc42)[C@@H]2C(=O)N(c4cc(Cl)ccc4C)C(=O)[C@@H]23)c1. The van der Waals surface area contributed by atoms with Crippen LogP contribution in [0.15, 0.2) is 96.1 Å². The summed E-state index contributed by atoms with van der Waals surface area (Å²) >= 11 is 6.34. The van der Waals surface area contributed by atoms with E-state index in [2.05, 4.69) is 10.5 Å². The van der Waals surface area contributed by atoms with Gasteiger partial charge < -0.3 is 4.74 Å². The van der Waals surface area contributed by atoms with Gasteiger partial charge in [0.05, 0.1) is 30.0 Å². The van der Waals surface area contributed by atoms with E-state index in [1.165, 1.54) is 12.0 Å². The predicted molar refractivity (Wildman–Crippen MR) is 160 cm³/mol. The molecule has 8 heteroatoms. The molecule has 8 rings (SSSR count). The van der Waals surface area contributed by atoms with E-state index in [0.717, 1.165) is 27.8 Å². The molecule has 4 aromatic rings. The van der Waals surface area contributed by atoms with Crippen LogP contribution in [0.4, 0.5) is 5.69 Å². The van der Waals surface area contributed by atoms with Crippen molar-refractivity contribution in [2.75, 3.05) is 12.0 Å². The van der Waals surface area contributed by atoms with E-state index >= 15 is 0 Å². The Kier molecular flexibility index (Phi) is 6.02. The minimum Gasteiger partial charge on any atom is -0.497 e. The molecule has 0 aromatic heterocycles. The van der Waals surface area contributed by atoms with Crippen LogP contribution in [-0.4, -0.2) is 31.0 Å². The molecule has 0 unspecified atom stereocenters. The summed E-state index contributed by atoms with van der Waals surface area (Å²) in [6, 6.07) is 27.8. The first-order valence-electron chi connectivity index (χ1n) is 13.7. The van der Waals surface area contributed by atoms with Crippen LogP contribution in [0.25, 0.3) is 0 Å². The van der Waals surface area contributed by atoms with Crippen LogP contribution in [-0.2, 0) is 15.0 Å². The highest BCUT2D eigenvalue weighted by atomic mass is 35.5. The molecule has 1 saturated heterocycles. The lowest BCUT2D eigenvalue weighted by molar-refractivity contribution is -0.122. The van der Waals surface area contributed by atoms with Crippen molar-refractivity contribution >= 4 is 41.2 Å². The summed E-state index contributed by atoms with van der Waals surface area (Å²) in [7, 11) is 1.53. The van der Waals surface area contributed by atoms with Gasteiger partial charge in [0, 0.05) is 22.7 Å². The molecular weight excluding hydrogens is 550 g/mol. The summed E-state index contributed by atoms with van der Waals surface area (Å²) in [6.07, 6.45) is 1.65. The number of hydrogen-bond donors (Lipinski definition) is 1. The number of amides is 3. The summed E-state index contributed by atoms with van der Waals surface area (Å²) in [5.74, 6) is -2.17. The number of aryl methyl sites for hydroxylation is 1. The number of nitrogens with zero attached hydrogens (tertiary/aromatic N) is 2. The van der Waals surface area contributed by atoms with Gasteiger partial charge >= 0.3 is 0 Å². The van der Waals surface area contributed by atoms with Gasteiger partial charge in [0.2, 0.25) is 11.8 Å². The third-order valence-corrected chi connectivity index (χ3v) is 9.10. The average molecular weight is 576 g/mol. The molecule has 42 heavy (non-hydrogen) atoms. The zero-order chi connectivity index (χ0) is 29.2. The largest absolute Gasteiger partial charge is 0.497 e. The highest BCUT2D eigenvalue weighted by Crippen LogP contribution is 2.63. The molecule has 0 spiro atoms. The van der Waals surface area contributed by atoms with E-state index in [9.17, 15) is 14.4 Å². The predicted octanol–water partition coefficient (Wildman–Crippen LogP) is 5.62. The first-order valence-corrected chi connectivity index (χ1v) is 14.1. The lowest BCUT2D eigenvalue weighted by Gasteiger charge is -2.52. The fourth-order valence-electron chi connectivity index (χ4n) is 7.13. The standard InChI is InChI=1S/C34H26ClN3O4/c1-19-14-15-21(35)17-27(19)38-32(40)29-28-23-10-3-5-12-25(23)34(30(29)33(38)41,26-13-6-4-11-24(26)28)18-36-37-31(39)20-8-7-9-22(16-20)42-2/h3-18,28-30H,1-2H3,(H,37,39)/b36-18-/t28?,29-,30+,34?/m0/s1. The van der Waals surface area contributed by atoms with Gasteiger partial charge in [0.25, 0.3) is 5.91 Å². The lowest BCUT2D eigenvalue weighted by atomic mass is 9.47. The number of hydrazone groups is 1. The lowest BCUT2D eigenvalue weighted by Crippen LogP contribution is -2.54. The van der Waals surface area contributed by atoms with Gasteiger partial charge in [-0.15, -0.1) is 0 Å². The van der Waals surface area contributed by atoms with Crippen LogP contribution in [0.3, 0.4) is 0 Å². The molecular formula is C34H26ClN3O4. The molecule has 4 aromatic carbocycles. The monoisotopic (exact) mass is 575 g/mol. The highest BCUT2D eigenvalue weighted by Gasteiger charge is 2.68. The molecule has 2 atom stereocenters. The molecule has 208 valence electrons. The Hall–Kier alpha value is -4.75. The molecule has 0 radical (unpaired) electrons. The Labute approximate surface area is 247 Å². The zero-order valence-corrected chi connectivity index (χ0v) is 23.6. The number of imide groups is 1. The van der Waals surface area contributed by atoms with E-state index in [-0.39, 0.29) is 17.7 Å². The van der Waals surface area contributed by atoms with Gasteiger partial charge in [-0.05, 0) is 65.1 Å². The van der Waals surface area contributed by atoms with Crippen LogP contribution in [0.5, 0.6) is 5.75 Å². The molecule has 1 aliphatic heterocycles. The number of ether oxygens (including phenoxy) is 1. The maximum absolute atomic E-state index is 14.5. The van der Waals surface area contributed by atoms with Crippen LogP contribution >= 0.6 is 11.6 Å². The fourth-order valence-corrected chi connectivity index (χ4v) is 7.30. The van der Waals surface area contributed by atoms with Crippen molar-refractivity contribution in [3.63, 3.8) is 0 Å². The minimum atomic E-state index is -1.10. The number of anilines is 1. The maximum Gasteiger partial charge on any atom is 0.271 e. The summed E-state index contributed by atoms with van der Waals surface area (Å²) in [5, 5.41) is 4.91. The number of halogens is 1. The molecule has 1 heterocycles. The number of hydrogen-bond acceptors (Lipinski definition) is 5. The van der Waals surface area contributed by atoms with E-state index in [4.69, 9.17) is 16.3 Å². The Bertz CT molecular complexity index is 1790. The second-order valence-electron chi connectivity index (χ2n) is 10.9. The van der Waals surface area contributed by atoms with Crippen LogP contribution in [0, 0.1) is 18.8 Å². The van der Waals surface area contributed by atoms with Gasteiger partial charge in [-0.2, -0.15) is 5.10 Å². The number of methoxy groups -OCH3 is 1. The van der Waals surface area contributed by atoms with Gasteiger partial charge in [0.15, 0.2) is 0 Å². The molecule has 3 amide bonds. The Balaban J connectivity index is 1.40. The molecule has 2 bridgehead atoms. The third-order valence-electron chi connectivity index (χ3n) is 8.86. The van der Waals surface area contributed by atoms with Gasteiger partial charge in [-0.1, -0.05) is 72.3 Å². The van der Waals surface area contributed by atoms with Crippen LogP contribution in [0.1, 0.15) is 44.1 Å². The molecule has 3 aliphatic carbocycles. The summed E-state index contributed by atoms with van der Waals surface area (Å²) in [6.45, 7) is 1.86. The van der Waals surface area contributed by atoms with Crippen molar-refractivity contribution in [3.8, 4) is 5.75 Å². The van der Waals surface area contributed by atoms with Crippen molar-refractivity contribution in [1.82, 2.24) is 5.43 Å². The number of nitrogens with one attached hydrogen (secondary N) is 1. The van der Waals surface area contributed by atoms with Crippen LogP contribution < -0.4 is 15.1 Å². The second-order valence-corrected chi connectivity index (χ2v) is 11.3. The van der Waals surface area contributed by atoms with Crippen molar-refractivity contribution < 1.29 is 19.1 Å². The summed E-state index contributed by atoms with van der Waals surface area (Å²) < 4.78 is 5.25. The zero-order valence-electron chi connectivity index (χ0n) is 22.9. The normalized spacial score (nSPS) is 23.5. The quantitative estimate of drug-likeness (QED) is 0.190. The van der Waals surface area contributed by atoms with Gasteiger partial charge in [-0.25, -0.2) is 10.3 Å². The van der Waals surface area contributed by atoms with E-state index in [1.54, 1.807) is 42.6 Å². The number of carbonyl (C=O) groups is 3.